The van der Waals surface area contributed by atoms with Gasteiger partial charge in [0, 0.05) is 6.54 Å². The lowest BCUT2D eigenvalue weighted by Crippen LogP contribution is -2.53. The highest BCUT2D eigenvalue weighted by Crippen LogP contribution is 2.45. The first kappa shape index (κ1) is 21.2. The van der Waals surface area contributed by atoms with Crippen LogP contribution in [0, 0.1) is 17.2 Å². The summed E-state index contributed by atoms with van der Waals surface area (Å²) in [6.45, 7) is 7.50. The molecule has 3 aliphatic heterocycles. The average molecular weight is 435 g/mol. The Morgan fingerprint density at radius 1 is 1.12 bits per heavy atom. The van der Waals surface area contributed by atoms with Gasteiger partial charge in [-0.05, 0) is 78.1 Å². The van der Waals surface area contributed by atoms with E-state index in [9.17, 15) is 9.18 Å². The number of fused-ring (bicyclic) bond motifs is 4. The highest BCUT2D eigenvalue weighted by molar-refractivity contribution is 5.71. The Hall–Kier alpha value is -2.66. The molecular formula is C27H31FN2O2. The van der Waals surface area contributed by atoms with Gasteiger partial charge in [0.2, 0.25) is 0 Å². The van der Waals surface area contributed by atoms with E-state index in [4.69, 9.17) is 4.74 Å². The van der Waals surface area contributed by atoms with Gasteiger partial charge in [-0.1, -0.05) is 56.3 Å². The molecule has 1 N–H and O–H groups in total. The second kappa shape index (κ2) is 8.36. The van der Waals surface area contributed by atoms with E-state index in [2.05, 4.69) is 42.3 Å². The lowest BCUT2D eigenvalue weighted by molar-refractivity contribution is -0.0348. The fourth-order valence-corrected chi connectivity index (χ4v) is 5.59. The smallest absolute Gasteiger partial charge is 0.407 e. The first-order valence-corrected chi connectivity index (χ1v) is 11.6. The van der Waals surface area contributed by atoms with E-state index >= 15 is 0 Å². The van der Waals surface area contributed by atoms with E-state index in [0.717, 1.165) is 55.6 Å². The molecule has 1 aliphatic carbocycles. The van der Waals surface area contributed by atoms with Crippen molar-refractivity contribution < 1.29 is 13.9 Å². The number of piperidine rings is 3. The number of carbonyl (C=O) groups is 1. The fraction of sp³-hybridized carbons (Fsp3) is 0.444. The van der Waals surface area contributed by atoms with Crippen LogP contribution in [0.3, 0.4) is 0 Å². The van der Waals surface area contributed by atoms with Crippen molar-refractivity contribution in [2.24, 2.45) is 11.3 Å². The number of hydrogen-bond acceptors (Lipinski definition) is 3. The molecule has 0 radical (unpaired) electrons. The summed E-state index contributed by atoms with van der Waals surface area (Å²) in [5.41, 5.74) is 4.20. The molecule has 1 amide bonds. The molecular weight excluding hydrogens is 403 g/mol. The maximum atomic E-state index is 13.4. The summed E-state index contributed by atoms with van der Waals surface area (Å²) in [4.78, 5) is 15.2. The molecule has 4 aliphatic rings. The molecule has 3 saturated heterocycles. The van der Waals surface area contributed by atoms with Gasteiger partial charge in [0.15, 0.2) is 0 Å². The van der Waals surface area contributed by atoms with Gasteiger partial charge in [0.05, 0.1) is 6.04 Å². The SMILES string of the molecule is CC1(C)Cc2cc(/C=C/c3cccc(F)c3)ccc2C1NC(=O)O[C@@H]1CN2CCC1CC2. The summed E-state index contributed by atoms with van der Waals surface area (Å²) in [6, 6.07) is 12.8. The molecule has 2 bridgehead atoms. The van der Waals surface area contributed by atoms with Crippen LogP contribution in [0.1, 0.15) is 55.0 Å². The Bertz CT molecular complexity index is 1040. The van der Waals surface area contributed by atoms with Crippen LogP contribution in [0.4, 0.5) is 9.18 Å². The van der Waals surface area contributed by atoms with Crippen LogP contribution in [0.25, 0.3) is 12.2 Å². The molecule has 2 atom stereocenters. The predicted octanol–water partition coefficient (Wildman–Crippen LogP) is 5.44. The number of carbonyl (C=O) groups excluding carboxylic acids is 1. The fourth-order valence-electron chi connectivity index (χ4n) is 5.59. The van der Waals surface area contributed by atoms with Crippen molar-refractivity contribution in [1.82, 2.24) is 10.2 Å². The molecule has 5 heteroatoms. The largest absolute Gasteiger partial charge is 0.445 e. The topological polar surface area (TPSA) is 41.6 Å². The molecule has 2 aromatic carbocycles. The molecule has 0 aromatic heterocycles. The van der Waals surface area contributed by atoms with Gasteiger partial charge in [-0.2, -0.15) is 0 Å². The highest BCUT2D eigenvalue weighted by Gasteiger charge is 2.41. The summed E-state index contributed by atoms with van der Waals surface area (Å²) >= 11 is 0. The molecule has 6 rings (SSSR count). The van der Waals surface area contributed by atoms with Crippen LogP contribution in [-0.2, 0) is 11.2 Å². The van der Waals surface area contributed by atoms with E-state index < -0.39 is 0 Å². The molecule has 168 valence electrons. The maximum Gasteiger partial charge on any atom is 0.407 e. The van der Waals surface area contributed by atoms with E-state index in [1.165, 1.54) is 17.7 Å². The maximum absolute atomic E-state index is 13.4. The molecule has 2 aromatic rings. The molecule has 4 nitrogen and oxygen atoms in total. The van der Waals surface area contributed by atoms with Gasteiger partial charge in [0.25, 0.3) is 0 Å². The third kappa shape index (κ3) is 4.31. The third-order valence-corrected chi connectivity index (χ3v) is 7.34. The Morgan fingerprint density at radius 3 is 2.56 bits per heavy atom. The Kier molecular flexibility index (Phi) is 5.54. The van der Waals surface area contributed by atoms with Gasteiger partial charge in [-0.25, -0.2) is 9.18 Å². The Balaban J connectivity index is 1.28. The lowest BCUT2D eigenvalue weighted by Gasteiger charge is -2.44. The Morgan fingerprint density at radius 2 is 1.88 bits per heavy atom. The van der Waals surface area contributed by atoms with Gasteiger partial charge in [-0.3, -0.25) is 4.90 Å². The van der Waals surface area contributed by atoms with E-state index in [1.807, 2.05) is 18.2 Å². The summed E-state index contributed by atoms with van der Waals surface area (Å²) in [5.74, 6) is 0.268. The zero-order valence-electron chi connectivity index (χ0n) is 18.8. The summed E-state index contributed by atoms with van der Waals surface area (Å²) < 4.78 is 19.3. The van der Waals surface area contributed by atoms with Crippen molar-refractivity contribution in [2.45, 2.75) is 45.3 Å². The number of alkyl carbamates (subject to hydrolysis) is 1. The minimum Gasteiger partial charge on any atom is -0.445 e. The zero-order chi connectivity index (χ0) is 22.3. The number of halogens is 1. The van der Waals surface area contributed by atoms with Crippen molar-refractivity contribution in [1.29, 1.82) is 0 Å². The van der Waals surface area contributed by atoms with Crippen molar-refractivity contribution in [3.05, 3.63) is 70.5 Å². The second-order valence-corrected chi connectivity index (χ2v) is 10.2. The van der Waals surface area contributed by atoms with Crippen LogP contribution in [-0.4, -0.2) is 36.7 Å². The van der Waals surface area contributed by atoms with Gasteiger partial charge in [-0.15, -0.1) is 0 Å². The molecule has 3 heterocycles. The monoisotopic (exact) mass is 434 g/mol. The normalized spacial score (nSPS) is 28.0. The molecule has 0 saturated carbocycles. The van der Waals surface area contributed by atoms with Gasteiger partial charge >= 0.3 is 6.09 Å². The minimum absolute atomic E-state index is 0.0109. The van der Waals surface area contributed by atoms with Crippen LogP contribution in [0.2, 0.25) is 0 Å². The quantitative estimate of drug-likeness (QED) is 0.652. The first-order valence-electron chi connectivity index (χ1n) is 11.6. The van der Waals surface area contributed by atoms with E-state index in [-0.39, 0.29) is 29.5 Å². The molecule has 32 heavy (non-hydrogen) atoms. The summed E-state index contributed by atoms with van der Waals surface area (Å²) in [5, 5.41) is 3.18. The first-order chi connectivity index (χ1) is 15.4. The van der Waals surface area contributed by atoms with Crippen LogP contribution >= 0.6 is 0 Å². The van der Waals surface area contributed by atoms with Gasteiger partial charge in [0.1, 0.15) is 11.9 Å². The molecule has 3 fully saturated rings. The van der Waals surface area contributed by atoms with Crippen LogP contribution in [0.5, 0.6) is 0 Å². The number of rotatable bonds is 4. The standard InChI is InChI=1S/C27H31FN2O2/c1-27(2)16-21-14-19(7-6-18-4-3-5-22(28)15-18)8-9-23(21)25(27)29-26(31)32-24-17-30-12-10-20(24)11-13-30/h3-9,14-15,20,24-25H,10-13,16-17H2,1-2H3,(H,29,31)/b7-6+/t24-,25?/m1/s1. The summed E-state index contributed by atoms with van der Waals surface area (Å²) in [6.07, 6.45) is 6.77. The Labute approximate surface area is 189 Å². The van der Waals surface area contributed by atoms with Gasteiger partial charge < -0.3 is 10.1 Å². The number of nitrogens with zero attached hydrogens (tertiary/aromatic N) is 1. The van der Waals surface area contributed by atoms with Crippen molar-refractivity contribution in [3.63, 3.8) is 0 Å². The predicted molar refractivity (Wildman–Crippen MR) is 125 cm³/mol. The number of amides is 1. The van der Waals surface area contributed by atoms with Crippen molar-refractivity contribution in [3.8, 4) is 0 Å². The third-order valence-electron chi connectivity index (χ3n) is 7.34. The van der Waals surface area contributed by atoms with Crippen LogP contribution < -0.4 is 5.32 Å². The number of hydrogen-bond donors (Lipinski definition) is 1. The van der Waals surface area contributed by atoms with E-state index in [1.54, 1.807) is 6.07 Å². The number of nitrogens with one attached hydrogen (secondary N) is 1. The number of benzene rings is 2. The molecule has 0 spiro atoms. The summed E-state index contributed by atoms with van der Waals surface area (Å²) in [7, 11) is 0. The lowest BCUT2D eigenvalue weighted by atomic mass is 9.85. The second-order valence-electron chi connectivity index (χ2n) is 10.2. The zero-order valence-corrected chi connectivity index (χ0v) is 18.8. The highest BCUT2D eigenvalue weighted by atomic mass is 19.1. The van der Waals surface area contributed by atoms with Crippen LogP contribution in [0.15, 0.2) is 42.5 Å². The molecule has 1 unspecified atom stereocenters. The van der Waals surface area contributed by atoms with Crippen molar-refractivity contribution >= 4 is 18.2 Å². The number of ether oxygens (including phenoxy) is 1. The van der Waals surface area contributed by atoms with E-state index in [0.29, 0.717) is 5.92 Å². The van der Waals surface area contributed by atoms with Crippen molar-refractivity contribution in [2.75, 3.05) is 19.6 Å². The minimum atomic E-state index is -0.301. The average Bonchev–Trinajstić information content (AvgIpc) is 3.02.